The molecule has 0 radical (unpaired) electrons. The molecule has 3 aromatic rings. The SMILES string of the molecule is CCCCCCCCC1C(CCCCCC)CCC(CCCCCCCCC(CC)(CC)n2c(=O)c3cc4c(=O)n(CCCCCCCCC5CCC(CCCCCC)C(CCCCCCCC)C5CCCCCCCCC(CC)(CC)NC(=O)/C=C\C=O)c(=O)c4cc3c2=O)C1CCCCCCCCN1C(=O)C=CC1=O. The van der Waals surface area contributed by atoms with Crippen LogP contribution in [0.15, 0.2) is 55.6 Å². The number of aromatic nitrogens is 2. The van der Waals surface area contributed by atoms with Crippen molar-refractivity contribution in [1.82, 2.24) is 19.4 Å². The monoisotopic (exact) mass is 1550 g/mol. The van der Waals surface area contributed by atoms with Crippen molar-refractivity contribution in [3.8, 4) is 0 Å². The van der Waals surface area contributed by atoms with Crippen molar-refractivity contribution >= 4 is 45.6 Å². The van der Waals surface area contributed by atoms with E-state index in [9.17, 15) is 38.4 Å². The lowest BCUT2D eigenvalue weighted by Crippen LogP contribution is -2.47. The van der Waals surface area contributed by atoms with Crippen LogP contribution < -0.4 is 27.6 Å². The van der Waals surface area contributed by atoms with Crippen molar-refractivity contribution in [2.75, 3.05) is 6.54 Å². The van der Waals surface area contributed by atoms with Crippen molar-refractivity contribution in [3.05, 3.63) is 77.9 Å². The van der Waals surface area contributed by atoms with Crippen LogP contribution in [0.5, 0.6) is 0 Å². The van der Waals surface area contributed by atoms with Gasteiger partial charge in [-0.25, -0.2) is 0 Å². The summed E-state index contributed by atoms with van der Waals surface area (Å²) in [5.41, 5.74) is -2.17. The van der Waals surface area contributed by atoms with Crippen LogP contribution in [-0.2, 0) is 31.3 Å². The molecule has 0 bridgehead atoms. The Morgan fingerprint density at radius 2 is 0.652 bits per heavy atom. The second-order valence-corrected chi connectivity index (χ2v) is 36.5. The maximum Gasteiger partial charge on any atom is 0.262 e. The molecule has 8 atom stereocenters. The van der Waals surface area contributed by atoms with Crippen LogP contribution in [0.3, 0.4) is 0 Å². The Kier molecular flexibility index (Phi) is 47.9. The molecule has 3 aliphatic rings. The van der Waals surface area contributed by atoms with E-state index in [0.29, 0.717) is 32.2 Å². The molecule has 0 saturated heterocycles. The Hall–Kier alpha value is -4.74. The quantitative estimate of drug-likeness (QED) is 0.0253. The van der Waals surface area contributed by atoms with Crippen LogP contribution >= 0.6 is 0 Å². The van der Waals surface area contributed by atoms with Gasteiger partial charge in [-0.05, 0) is 168 Å². The van der Waals surface area contributed by atoms with Gasteiger partial charge < -0.3 is 5.32 Å². The molecule has 6 rings (SSSR count). The van der Waals surface area contributed by atoms with Gasteiger partial charge in [-0.3, -0.25) is 52.4 Å². The number of hydrogen-bond donors (Lipinski definition) is 1. The third-order valence-electron chi connectivity index (χ3n) is 29.0. The lowest BCUT2D eigenvalue weighted by Gasteiger charge is -2.44. The number of allylic oxidation sites excluding steroid dienone is 1. The minimum absolute atomic E-state index is 0.166. The van der Waals surface area contributed by atoms with E-state index in [4.69, 9.17) is 0 Å². The fourth-order valence-corrected chi connectivity index (χ4v) is 21.8. The number of imide groups is 1. The lowest BCUT2D eigenvalue weighted by molar-refractivity contribution is -0.136. The van der Waals surface area contributed by atoms with E-state index < -0.39 is 5.54 Å². The number of fused-ring (bicyclic) bond motifs is 2. The number of carbonyl (C=O) groups excluding carboxylic acids is 4. The average molecular weight is 1550 g/mol. The molecule has 1 aromatic carbocycles. The average Bonchev–Trinajstić information content (AvgIpc) is 1.57. The van der Waals surface area contributed by atoms with Gasteiger partial charge in [0, 0.05) is 36.9 Å². The van der Waals surface area contributed by atoms with Crippen LogP contribution in [0.1, 0.15) is 453 Å². The van der Waals surface area contributed by atoms with Gasteiger partial charge in [0.2, 0.25) is 5.91 Å². The Labute approximate surface area is 683 Å². The number of unbranched alkanes of at least 4 members (excludes halogenated alkanes) is 36. The molecule has 0 spiro atoms. The van der Waals surface area contributed by atoms with Crippen LogP contribution in [-0.4, -0.2) is 50.1 Å². The number of benzene rings is 1. The van der Waals surface area contributed by atoms with Crippen LogP contribution in [0.4, 0.5) is 0 Å². The summed E-state index contributed by atoms with van der Waals surface area (Å²) in [6, 6.07) is 3.16. The summed E-state index contributed by atoms with van der Waals surface area (Å²) in [6.45, 7) is 18.7. The highest BCUT2D eigenvalue weighted by atomic mass is 16.2. The van der Waals surface area contributed by atoms with Gasteiger partial charge in [0.15, 0.2) is 0 Å². The summed E-state index contributed by atoms with van der Waals surface area (Å²) in [5, 5.41) is 4.28. The topological polar surface area (TPSA) is 162 Å². The summed E-state index contributed by atoms with van der Waals surface area (Å²) in [7, 11) is 0. The van der Waals surface area contributed by atoms with Crippen molar-refractivity contribution in [2.45, 2.75) is 471 Å². The fraction of sp³-hybridized carbons (Fsp3) is 0.820. The highest BCUT2D eigenvalue weighted by Gasteiger charge is 2.40. The Bertz CT molecular complexity index is 3260. The van der Waals surface area contributed by atoms with Gasteiger partial charge in [0.1, 0.15) is 6.29 Å². The summed E-state index contributed by atoms with van der Waals surface area (Å²) < 4.78 is 2.89. The maximum atomic E-state index is 14.6. The Morgan fingerprint density at radius 3 is 0.991 bits per heavy atom. The van der Waals surface area contributed by atoms with E-state index in [1.54, 1.807) is 12.1 Å². The molecule has 1 aliphatic heterocycles. The molecule has 2 aliphatic carbocycles. The first-order valence-electron chi connectivity index (χ1n) is 48.6. The second-order valence-electron chi connectivity index (χ2n) is 36.5. The third-order valence-corrected chi connectivity index (χ3v) is 29.0. The zero-order valence-electron chi connectivity index (χ0n) is 73.5. The van der Waals surface area contributed by atoms with Gasteiger partial charge >= 0.3 is 0 Å². The number of amides is 3. The third kappa shape index (κ3) is 31.3. The van der Waals surface area contributed by atoms with Crippen LogP contribution in [0.2, 0.25) is 0 Å². The largest absolute Gasteiger partial charge is 0.347 e. The second kappa shape index (κ2) is 55.8. The van der Waals surface area contributed by atoms with Crippen LogP contribution in [0.25, 0.3) is 21.5 Å². The number of hydrogen-bond acceptors (Lipinski definition) is 8. The molecule has 3 heterocycles. The normalized spacial score (nSPS) is 19.8. The zero-order chi connectivity index (χ0) is 80.6. The smallest absolute Gasteiger partial charge is 0.262 e. The Balaban J connectivity index is 0.980. The molecule has 636 valence electrons. The van der Waals surface area contributed by atoms with Gasteiger partial charge in [-0.2, -0.15) is 0 Å². The zero-order valence-corrected chi connectivity index (χ0v) is 73.5. The summed E-state index contributed by atoms with van der Waals surface area (Å²) >= 11 is 0. The number of carbonyl (C=O) groups is 4. The number of aldehydes is 1. The van der Waals surface area contributed by atoms with E-state index in [-0.39, 0.29) is 67.0 Å². The first kappa shape index (κ1) is 96.1. The van der Waals surface area contributed by atoms with Gasteiger partial charge in [-0.15, -0.1) is 0 Å². The molecule has 12 heteroatoms. The van der Waals surface area contributed by atoms with E-state index in [0.717, 1.165) is 137 Å². The van der Waals surface area contributed by atoms with Crippen molar-refractivity contribution < 1.29 is 19.2 Å². The van der Waals surface area contributed by atoms with Crippen LogP contribution in [0, 0.1) is 47.3 Å². The lowest BCUT2D eigenvalue weighted by atomic mass is 9.61. The van der Waals surface area contributed by atoms with Gasteiger partial charge in [0.05, 0.1) is 27.1 Å². The molecule has 112 heavy (non-hydrogen) atoms. The molecule has 2 aromatic heterocycles. The van der Waals surface area contributed by atoms with Gasteiger partial charge in [-0.1, -0.05) is 351 Å². The van der Waals surface area contributed by atoms with E-state index in [1.807, 2.05) is 0 Å². The van der Waals surface area contributed by atoms with Crippen molar-refractivity contribution in [3.63, 3.8) is 0 Å². The molecule has 3 amide bonds. The predicted octanol–water partition coefficient (Wildman–Crippen LogP) is 26.4. The highest BCUT2D eigenvalue weighted by Crippen LogP contribution is 2.50. The first-order valence-corrected chi connectivity index (χ1v) is 48.6. The molecule has 1 N–H and O–H groups in total. The Morgan fingerprint density at radius 1 is 0.357 bits per heavy atom. The van der Waals surface area contributed by atoms with Crippen molar-refractivity contribution in [1.29, 1.82) is 0 Å². The van der Waals surface area contributed by atoms with E-state index >= 15 is 0 Å². The minimum Gasteiger partial charge on any atom is -0.347 e. The maximum absolute atomic E-state index is 14.6. The first-order chi connectivity index (χ1) is 54.7. The summed E-state index contributed by atoms with van der Waals surface area (Å²) in [6.07, 6.45) is 82.6. The molecule has 8 unspecified atom stereocenters. The minimum atomic E-state index is -0.628. The molecular formula is C100H168N4O8. The fourth-order valence-electron chi connectivity index (χ4n) is 21.8. The number of nitrogens with one attached hydrogen (secondary N) is 1. The standard InChI is InChI=1S/C100H168N4O8/c1-9-17-21-25-37-49-62-84-80(58-45-23-19-11-3)68-70-83(86(84)64-51-39-28-31-41-53-73-99(13-5,14-6)101-92(106)66-57-77-105)61-48-36-29-33-44-56-76-103-95(109)88-78-90-91(79-89(88)96(103)110)98(112)104(97(90)111)100(15-7,16-8)74-54-42-32-27-35-47-60-82-69-67-81(59-46-24-20-12-4)85(63-50-38-26-22-18-10-2)87(82)65-52-40-30-34-43-55-75-102-93(107)71-72-94(102)108/h57,66,71-72,77-87H,9-56,58-65,67-70,73-76H2,1-8H3,(H,101,106)/b66-57-. The number of nitrogens with zero attached hydrogens (tertiary/aromatic N) is 3. The van der Waals surface area contributed by atoms with Gasteiger partial charge in [0.25, 0.3) is 34.1 Å². The summed E-state index contributed by atoms with van der Waals surface area (Å²) in [4.78, 5) is 106. The predicted molar refractivity (Wildman–Crippen MR) is 474 cm³/mol. The number of rotatable bonds is 68. The molecule has 12 nitrogen and oxygen atoms in total. The molecule has 2 saturated carbocycles. The van der Waals surface area contributed by atoms with E-state index in [1.165, 1.54) is 334 Å². The highest BCUT2D eigenvalue weighted by molar-refractivity contribution is 6.12. The molecular weight excluding hydrogens is 1390 g/mol. The van der Waals surface area contributed by atoms with E-state index in [2.05, 4.69) is 60.7 Å². The molecule has 2 fully saturated rings. The van der Waals surface area contributed by atoms with Crippen molar-refractivity contribution in [2.24, 2.45) is 47.3 Å². The summed E-state index contributed by atoms with van der Waals surface area (Å²) in [5.74, 6) is 6.26.